The topological polar surface area (TPSA) is 77.5 Å². The molecule has 1 aliphatic carbocycles. The van der Waals surface area contributed by atoms with Crippen LogP contribution in [0, 0.1) is 0 Å². The van der Waals surface area contributed by atoms with Crippen molar-refractivity contribution in [2.24, 2.45) is 0 Å². The Kier molecular flexibility index (Phi) is 6.46. The minimum atomic E-state index is -1.17. The molecule has 0 radical (unpaired) electrons. The lowest BCUT2D eigenvalue weighted by molar-refractivity contribution is -0.126. The minimum Gasteiger partial charge on any atom is -0.366 e. The monoisotopic (exact) mass is 474 g/mol. The summed E-state index contributed by atoms with van der Waals surface area (Å²) in [4.78, 5) is 17.9. The highest BCUT2D eigenvalue weighted by Gasteiger charge is 2.39. The van der Waals surface area contributed by atoms with Crippen LogP contribution in [-0.4, -0.2) is 43.7 Å². The number of halogens is 2. The Hall–Kier alpha value is -1.26. The normalized spacial score (nSPS) is 23.7. The van der Waals surface area contributed by atoms with Crippen molar-refractivity contribution in [1.82, 2.24) is 15.4 Å². The van der Waals surface area contributed by atoms with Crippen molar-refractivity contribution < 1.29 is 14.4 Å². The first kappa shape index (κ1) is 19.5. The molecule has 2 heterocycles. The van der Waals surface area contributed by atoms with Crippen molar-refractivity contribution in [3.8, 4) is 0 Å². The molecule has 2 aliphatic rings. The Morgan fingerprint density at radius 2 is 2.15 bits per heavy atom. The summed E-state index contributed by atoms with van der Waals surface area (Å²) in [5, 5.41) is 11.9. The first-order valence-electron chi connectivity index (χ1n) is 8.98. The number of nitrogens with one attached hydrogen (secondary N) is 2. The van der Waals surface area contributed by atoms with Gasteiger partial charge < -0.3 is 5.32 Å². The van der Waals surface area contributed by atoms with E-state index < -0.39 is 11.7 Å². The van der Waals surface area contributed by atoms with Crippen molar-refractivity contribution in [3.63, 3.8) is 0 Å². The largest absolute Gasteiger partial charge is 0.366 e. The predicted molar refractivity (Wildman–Crippen MR) is 107 cm³/mol. The van der Waals surface area contributed by atoms with Gasteiger partial charge in [0.1, 0.15) is 5.82 Å². The van der Waals surface area contributed by atoms with Crippen LogP contribution in [-0.2, 0) is 4.79 Å². The third kappa shape index (κ3) is 4.72. The number of rotatable bonds is 5. The van der Waals surface area contributed by atoms with Crippen molar-refractivity contribution in [1.29, 1.82) is 0 Å². The Morgan fingerprint density at radius 3 is 2.81 bits per heavy atom. The van der Waals surface area contributed by atoms with E-state index in [1.54, 1.807) is 12.1 Å². The molecule has 1 saturated carbocycles. The van der Waals surface area contributed by atoms with Gasteiger partial charge in [-0.1, -0.05) is 35.4 Å². The Labute approximate surface area is 166 Å². The molecule has 2 fully saturated rings. The smallest absolute Gasteiger partial charge is 0.303 e. The molecule has 8 heteroatoms. The number of likely N-dealkylation sites (tertiary alicyclic amines) is 1. The number of hydrogen-bond donors (Lipinski definition) is 3. The average molecular weight is 474 g/mol. The number of anilines is 1. The molecule has 1 aromatic rings. The van der Waals surface area contributed by atoms with Crippen LogP contribution in [0.3, 0.4) is 0 Å². The third-order valence-electron chi connectivity index (χ3n) is 5.11. The molecule has 1 aliphatic heterocycles. The summed E-state index contributed by atoms with van der Waals surface area (Å²) in [6, 6.07) is 3.82. The molecular weight excluding hydrogens is 450 g/mol. The van der Waals surface area contributed by atoms with Crippen molar-refractivity contribution in [2.75, 3.05) is 18.4 Å². The number of amides is 1. The maximum Gasteiger partial charge on any atom is 0.303 e. The zero-order chi connectivity index (χ0) is 18.6. The number of pyridine rings is 1. The van der Waals surface area contributed by atoms with Gasteiger partial charge in [0, 0.05) is 18.8 Å². The van der Waals surface area contributed by atoms with Gasteiger partial charge in [-0.15, -0.1) is 0 Å². The number of carbonyl (C=O) groups is 1. The average Bonchev–Trinajstić information content (AvgIpc) is 3.11. The SMILES string of the molecule is O=C(NO)C(F)=Cc1ccc(N[C@@H]2CCCN(C3(I)CCCC3)C2)nc1. The molecule has 1 saturated heterocycles. The molecular formula is C18H24FIN4O2. The molecule has 26 heavy (non-hydrogen) atoms. The second kappa shape index (κ2) is 8.62. The van der Waals surface area contributed by atoms with Crippen molar-refractivity contribution in [3.05, 3.63) is 29.7 Å². The van der Waals surface area contributed by atoms with E-state index in [-0.39, 0.29) is 0 Å². The fraction of sp³-hybridized carbons (Fsp3) is 0.556. The number of alkyl halides is 1. The van der Waals surface area contributed by atoms with Gasteiger partial charge in [0.05, 0.1) is 3.55 Å². The molecule has 1 amide bonds. The number of piperidine rings is 1. The lowest BCUT2D eigenvalue weighted by atomic mass is 10.0. The second-order valence-corrected chi connectivity index (χ2v) is 8.97. The summed E-state index contributed by atoms with van der Waals surface area (Å²) >= 11 is 2.64. The number of aromatic nitrogens is 1. The maximum atomic E-state index is 13.4. The van der Waals surface area contributed by atoms with Gasteiger partial charge in [-0.05, 0) is 56.0 Å². The lowest BCUT2D eigenvalue weighted by Gasteiger charge is -2.42. The van der Waals surface area contributed by atoms with E-state index >= 15 is 0 Å². The highest BCUT2D eigenvalue weighted by Crippen LogP contribution is 2.42. The van der Waals surface area contributed by atoms with E-state index in [2.05, 4.69) is 37.8 Å². The summed E-state index contributed by atoms with van der Waals surface area (Å²) in [6.07, 6.45) is 9.99. The van der Waals surface area contributed by atoms with E-state index in [4.69, 9.17) is 5.21 Å². The molecule has 3 N–H and O–H groups in total. The minimum absolute atomic E-state index is 0.311. The van der Waals surface area contributed by atoms with Crippen LogP contribution in [0.5, 0.6) is 0 Å². The van der Waals surface area contributed by atoms with Crippen LogP contribution in [0.2, 0.25) is 0 Å². The van der Waals surface area contributed by atoms with Crippen LogP contribution in [0.15, 0.2) is 24.2 Å². The van der Waals surface area contributed by atoms with Crippen LogP contribution < -0.4 is 10.8 Å². The first-order valence-corrected chi connectivity index (χ1v) is 10.1. The van der Waals surface area contributed by atoms with Gasteiger partial charge in [0.2, 0.25) is 0 Å². The standard InChI is InChI=1S/C18H24FIN4O2/c19-15(17(25)23-26)10-13-5-6-16(21-11-13)22-14-4-3-9-24(12-14)18(20)7-1-2-8-18/h5-6,10-11,14,26H,1-4,7-9,12H2,(H,21,22)(H,23,25)/t14-/m1/s1. The second-order valence-electron chi connectivity index (χ2n) is 6.96. The summed E-state index contributed by atoms with van der Waals surface area (Å²) in [6.45, 7) is 2.17. The molecule has 0 spiro atoms. The van der Waals surface area contributed by atoms with Gasteiger partial charge in [-0.25, -0.2) is 14.9 Å². The molecule has 6 nitrogen and oxygen atoms in total. The summed E-state index contributed by atoms with van der Waals surface area (Å²) in [5.41, 5.74) is 1.72. The summed E-state index contributed by atoms with van der Waals surface area (Å²) in [7, 11) is 0. The van der Waals surface area contributed by atoms with E-state index in [9.17, 15) is 9.18 Å². The fourth-order valence-corrected chi connectivity index (χ4v) is 4.94. The van der Waals surface area contributed by atoms with Crippen LogP contribution in [0.25, 0.3) is 6.08 Å². The predicted octanol–water partition coefficient (Wildman–Crippen LogP) is 3.48. The molecule has 1 atom stereocenters. The lowest BCUT2D eigenvalue weighted by Crippen LogP contribution is -2.50. The van der Waals surface area contributed by atoms with Crippen molar-refractivity contribution >= 4 is 40.4 Å². The zero-order valence-electron chi connectivity index (χ0n) is 14.5. The van der Waals surface area contributed by atoms with E-state index in [0.29, 0.717) is 15.2 Å². The van der Waals surface area contributed by atoms with Crippen LogP contribution in [0.4, 0.5) is 10.2 Å². The third-order valence-corrected chi connectivity index (χ3v) is 6.87. The van der Waals surface area contributed by atoms with Gasteiger partial charge in [0.15, 0.2) is 5.83 Å². The van der Waals surface area contributed by atoms with E-state index in [1.807, 2.05) is 0 Å². The first-order chi connectivity index (χ1) is 12.5. The van der Waals surface area contributed by atoms with Gasteiger partial charge >= 0.3 is 5.91 Å². The fourth-order valence-electron chi connectivity index (χ4n) is 3.74. The molecule has 0 aromatic carbocycles. The summed E-state index contributed by atoms with van der Waals surface area (Å²) in [5.74, 6) is -1.49. The van der Waals surface area contributed by atoms with E-state index in [0.717, 1.165) is 31.4 Å². The van der Waals surface area contributed by atoms with Crippen LogP contribution >= 0.6 is 22.6 Å². The zero-order valence-corrected chi connectivity index (χ0v) is 16.7. The number of nitrogens with zero attached hydrogens (tertiary/aromatic N) is 2. The van der Waals surface area contributed by atoms with Crippen molar-refractivity contribution in [2.45, 2.75) is 48.1 Å². The Bertz CT molecular complexity index is 662. The molecule has 3 rings (SSSR count). The Balaban J connectivity index is 1.59. The maximum absolute atomic E-state index is 13.4. The number of hydrogen-bond acceptors (Lipinski definition) is 5. The Morgan fingerprint density at radius 1 is 1.38 bits per heavy atom. The number of carbonyl (C=O) groups excluding carboxylic acids is 1. The summed E-state index contributed by atoms with van der Waals surface area (Å²) < 4.78 is 13.7. The van der Waals surface area contributed by atoms with E-state index in [1.165, 1.54) is 43.8 Å². The van der Waals surface area contributed by atoms with Gasteiger partial charge in [-0.3, -0.25) is 14.9 Å². The quantitative estimate of drug-likeness (QED) is 0.152. The molecule has 142 valence electrons. The number of hydroxylamine groups is 1. The van der Waals surface area contributed by atoms with Crippen LogP contribution in [0.1, 0.15) is 44.1 Å². The molecule has 1 aromatic heterocycles. The van der Waals surface area contributed by atoms with Gasteiger partial charge in [0.25, 0.3) is 0 Å². The molecule has 0 unspecified atom stereocenters. The van der Waals surface area contributed by atoms with Gasteiger partial charge in [-0.2, -0.15) is 0 Å². The molecule has 0 bridgehead atoms. The highest BCUT2D eigenvalue weighted by molar-refractivity contribution is 14.1. The highest BCUT2D eigenvalue weighted by atomic mass is 127.